The van der Waals surface area contributed by atoms with Gasteiger partial charge in [0.05, 0.1) is 5.56 Å². The van der Waals surface area contributed by atoms with Crippen LogP contribution in [0.1, 0.15) is 16.8 Å². The van der Waals surface area contributed by atoms with E-state index in [2.05, 4.69) is 5.32 Å². The highest BCUT2D eigenvalue weighted by atomic mass is 35.5. The van der Waals surface area contributed by atoms with E-state index < -0.39 is 0 Å². The van der Waals surface area contributed by atoms with Crippen molar-refractivity contribution < 1.29 is 4.79 Å². The van der Waals surface area contributed by atoms with E-state index in [1.165, 1.54) is 0 Å². The Balaban J connectivity index is 0.00000112. The number of carbonyl (C=O) groups excluding carboxylic acids is 1. The number of likely N-dealkylation sites (N-methyl/N-ethyl adjacent to an activating group) is 1. The summed E-state index contributed by atoms with van der Waals surface area (Å²) < 4.78 is 0. The van der Waals surface area contributed by atoms with E-state index in [1.807, 2.05) is 28.8 Å². The van der Waals surface area contributed by atoms with Gasteiger partial charge in [-0.2, -0.15) is 11.3 Å². The van der Waals surface area contributed by atoms with Crippen LogP contribution in [0.5, 0.6) is 0 Å². The lowest BCUT2D eigenvalue weighted by atomic mass is 10.2. The Morgan fingerprint density at radius 1 is 1.67 bits per heavy atom. The number of rotatable bonds is 2. The van der Waals surface area contributed by atoms with E-state index in [4.69, 9.17) is 0 Å². The Bertz CT molecular complexity index is 309. The third kappa shape index (κ3) is 2.71. The normalized spacial score (nSPS) is 19.7. The van der Waals surface area contributed by atoms with E-state index >= 15 is 0 Å². The standard InChI is InChI=1S/C10H14N2OS.ClH/c1-12(9-2-4-11-6-9)10(13)8-3-5-14-7-8;/h3,5,7,9,11H,2,4,6H2,1H3;1H/t9-;/m1./s1. The first-order valence-electron chi connectivity index (χ1n) is 4.79. The van der Waals surface area contributed by atoms with Crippen molar-refractivity contribution in [2.45, 2.75) is 12.5 Å². The lowest BCUT2D eigenvalue weighted by Crippen LogP contribution is -2.38. The molecule has 84 valence electrons. The highest BCUT2D eigenvalue weighted by Crippen LogP contribution is 2.13. The molecule has 0 saturated carbocycles. The highest BCUT2D eigenvalue weighted by molar-refractivity contribution is 7.08. The maximum Gasteiger partial charge on any atom is 0.254 e. The number of nitrogens with zero attached hydrogens (tertiary/aromatic N) is 1. The molecule has 2 heterocycles. The quantitative estimate of drug-likeness (QED) is 0.860. The van der Waals surface area contributed by atoms with E-state index in [-0.39, 0.29) is 18.3 Å². The molecule has 0 bridgehead atoms. The zero-order valence-electron chi connectivity index (χ0n) is 8.60. The molecule has 0 aliphatic carbocycles. The first-order valence-corrected chi connectivity index (χ1v) is 5.73. The maximum atomic E-state index is 11.9. The van der Waals surface area contributed by atoms with Gasteiger partial charge < -0.3 is 10.2 Å². The van der Waals surface area contributed by atoms with Gasteiger partial charge in [-0.25, -0.2) is 0 Å². The molecule has 1 N–H and O–H groups in total. The number of amides is 1. The van der Waals surface area contributed by atoms with Crippen LogP contribution in [-0.2, 0) is 0 Å². The van der Waals surface area contributed by atoms with Gasteiger partial charge in [-0.1, -0.05) is 0 Å². The molecule has 1 aliphatic heterocycles. The molecule has 15 heavy (non-hydrogen) atoms. The molecular formula is C10H15ClN2OS. The molecule has 5 heteroatoms. The summed E-state index contributed by atoms with van der Waals surface area (Å²) in [5, 5.41) is 7.10. The smallest absolute Gasteiger partial charge is 0.254 e. The summed E-state index contributed by atoms with van der Waals surface area (Å²) in [6.45, 7) is 1.94. The average Bonchev–Trinajstić information content (AvgIpc) is 2.87. The monoisotopic (exact) mass is 246 g/mol. The number of halogens is 1. The number of hydrogen-bond acceptors (Lipinski definition) is 3. The van der Waals surface area contributed by atoms with Gasteiger partial charge in [0.1, 0.15) is 0 Å². The van der Waals surface area contributed by atoms with Gasteiger partial charge in [-0.15, -0.1) is 12.4 Å². The minimum absolute atomic E-state index is 0. The van der Waals surface area contributed by atoms with Crippen LogP contribution in [0.2, 0.25) is 0 Å². The van der Waals surface area contributed by atoms with E-state index in [9.17, 15) is 4.79 Å². The van der Waals surface area contributed by atoms with E-state index in [0.29, 0.717) is 6.04 Å². The SMILES string of the molecule is CN(C(=O)c1ccsc1)[C@@H]1CCNC1.Cl. The fraction of sp³-hybridized carbons (Fsp3) is 0.500. The molecule has 0 spiro atoms. The van der Waals surface area contributed by atoms with Gasteiger partial charge in [-0.3, -0.25) is 4.79 Å². The minimum Gasteiger partial charge on any atom is -0.337 e. The fourth-order valence-electron chi connectivity index (χ4n) is 1.73. The predicted molar refractivity (Wildman–Crippen MR) is 64.9 cm³/mol. The Kier molecular flexibility index (Phi) is 4.57. The Morgan fingerprint density at radius 3 is 3.00 bits per heavy atom. The lowest BCUT2D eigenvalue weighted by Gasteiger charge is -2.23. The molecule has 0 aromatic carbocycles. The van der Waals surface area contributed by atoms with Crippen LogP contribution in [0, 0.1) is 0 Å². The number of thiophene rings is 1. The predicted octanol–water partition coefficient (Wildman–Crippen LogP) is 1.60. The molecule has 1 saturated heterocycles. The van der Waals surface area contributed by atoms with Crippen molar-refractivity contribution in [2.75, 3.05) is 20.1 Å². The Labute approximate surface area is 99.9 Å². The van der Waals surface area contributed by atoms with Gasteiger partial charge in [0.25, 0.3) is 5.91 Å². The highest BCUT2D eigenvalue weighted by Gasteiger charge is 2.23. The van der Waals surface area contributed by atoms with Crippen molar-refractivity contribution in [1.29, 1.82) is 0 Å². The van der Waals surface area contributed by atoms with Gasteiger partial charge in [0, 0.05) is 25.0 Å². The van der Waals surface area contributed by atoms with Crippen molar-refractivity contribution in [2.24, 2.45) is 0 Å². The molecule has 1 amide bonds. The van der Waals surface area contributed by atoms with Gasteiger partial charge in [0.2, 0.25) is 0 Å². The molecule has 1 aliphatic rings. The van der Waals surface area contributed by atoms with Crippen LogP contribution < -0.4 is 5.32 Å². The maximum absolute atomic E-state index is 11.9. The van der Waals surface area contributed by atoms with Crippen molar-refractivity contribution in [3.63, 3.8) is 0 Å². The number of carbonyl (C=O) groups is 1. The molecule has 1 aromatic rings. The van der Waals surface area contributed by atoms with E-state index in [0.717, 1.165) is 25.1 Å². The molecule has 1 fully saturated rings. The van der Waals surface area contributed by atoms with E-state index in [1.54, 1.807) is 11.3 Å². The molecule has 3 nitrogen and oxygen atoms in total. The second-order valence-corrected chi connectivity index (χ2v) is 4.35. The summed E-state index contributed by atoms with van der Waals surface area (Å²) in [4.78, 5) is 13.7. The first-order chi connectivity index (χ1) is 6.79. The van der Waals surface area contributed by atoms with Gasteiger partial charge >= 0.3 is 0 Å². The first kappa shape index (κ1) is 12.5. The van der Waals surface area contributed by atoms with Crippen LogP contribution in [-0.4, -0.2) is 37.0 Å². The summed E-state index contributed by atoms with van der Waals surface area (Å²) in [5.74, 6) is 0.139. The Morgan fingerprint density at radius 2 is 2.47 bits per heavy atom. The number of nitrogens with one attached hydrogen (secondary N) is 1. The van der Waals surface area contributed by atoms with Crippen molar-refractivity contribution in [3.05, 3.63) is 22.4 Å². The van der Waals surface area contributed by atoms with Gasteiger partial charge in [-0.05, 0) is 24.4 Å². The summed E-state index contributed by atoms with van der Waals surface area (Å²) >= 11 is 1.56. The topological polar surface area (TPSA) is 32.3 Å². The summed E-state index contributed by atoms with van der Waals surface area (Å²) in [6, 6.07) is 2.24. The third-order valence-electron chi connectivity index (χ3n) is 2.67. The van der Waals surface area contributed by atoms with Crippen LogP contribution in [0.3, 0.4) is 0 Å². The summed E-state index contributed by atoms with van der Waals surface area (Å²) in [7, 11) is 1.89. The molecule has 1 atom stereocenters. The summed E-state index contributed by atoms with van der Waals surface area (Å²) in [6.07, 6.45) is 1.06. The van der Waals surface area contributed by atoms with Crippen LogP contribution in [0.25, 0.3) is 0 Å². The molecular weight excluding hydrogens is 232 g/mol. The van der Waals surface area contributed by atoms with Crippen molar-refractivity contribution in [3.8, 4) is 0 Å². The van der Waals surface area contributed by atoms with Gasteiger partial charge in [0.15, 0.2) is 0 Å². The third-order valence-corrected chi connectivity index (χ3v) is 3.35. The fourth-order valence-corrected chi connectivity index (χ4v) is 2.36. The van der Waals surface area contributed by atoms with Crippen LogP contribution in [0.15, 0.2) is 16.8 Å². The summed E-state index contributed by atoms with van der Waals surface area (Å²) in [5.41, 5.74) is 0.810. The minimum atomic E-state index is 0. The lowest BCUT2D eigenvalue weighted by molar-refractivity contribution is 0.0744. The molecule has 0 radical (unpaired) electrons. The molecule has 2 rings (SSSR count). The Hall–Kier alpha value is -0.580. The average molecular weight is 247 g/mol. The van der Waals surface area contributed by atoms with Crippen LogP contribution >= 0.6 is 23.7 Å². The number of hydrogen-bond donors (Lipinski definition) is 1. The zero-order valence-corrected chi connectivity index (χ0v) is 10.2. The zero-order chi connectivity index (χ0) is 9.97. The molecule has 0 unspecified atom stereocenters. The second-order valence-electron chi connectivity index (χ2n) is 3.57. The van der Waals surface area contributed by atoms with Crippen LogP contribution in [0.4, 0.5) is 0 Å². The largest absolute Gasteiger partial charge is 0.337 e. The van der Waals surface area contributed by atoms with Crippen molar-refractivity contribution in [1.82, 2.24) is 10.2 Å². The molecule has 1 aromatic heterocycles. The van der Waals surface area contributed by atoms with Crippen molar-refractivity contribution >= 4 is 29.7 Å². The second kappa shape index (κ2) is 5.49.